The lowest BCUT2D eigenvalue weighted by atomic mass is 10.2. The second-order valence-corrected chi connectivity index (χ2v) is 4.49. The maximum Gasteiger partial charge on any atom is 0.143 e. The lowest BCUT2D eigenvalue weighted by Crippen LogP contribution is -2.00. The molecule has 0 bridgehead atoms. The van der Waals surface area contributed by atoms with Crippen LogP contribution in [0.15, 0.2) is 35.7 Å². The predicted molar refractivity (Wildman–Crippen MR) is 69.4 cm³/mol. The van der Waals surface area contributed by atoms with E-state index < -0.39 is 0 Å². The standard InChI is InChI=1S/C13H12N2OS/c1-16-13-7-10(8-14)4-5-12(13)15-9-11-3-2-6-17-11/h2-7,15H,9H2,1H3. The van der Waals surface area contributed by atoms with Crippen LogP contribution in [-0.4, -0.2) is 7.11 Å². The van der Waals surface area contributed by atoms with Crippen molar-refractivity contribution in [2.24, 2.45) is 0 Å². The maximum atomic E-state index is 8.80. The molecule has 0 aliphatic heterocycles. The van der Waals surface area contributed by atoms with Crippen molar-refractivity contribution in [2.75, 3.05) is 12.4 Å². The molecule has 0 fully saturated rings. The van der Waals surface area contributed by atoms with Crippen LogP contribution in [0.1, 0.15) is 10.4 Å². The molecule has 0 amide bonds. The van der Waals surface area contributed by atoms with Crippen molar-refractivity contribution in [3.05, 3.63) is 46.2 Å². The molecule has 0 unspecified atom stereocenters. The zero-order valence-corrected chi connectivity index (χ0v) is 10.3. The third kappa shape index (κ3) is 2.77. The SMILES string of the molecule is COc1cc(C#N)ccc1NCc1cccs1. The van der Waals surface area contributed by atoms with Gasteiger partial charge < -0.3 is 10.1 Å². The van der Waals surface area contributed by atoms with Crippen molar-refractivity contribution in [2.45, 2.75) is 6.54 Å². The topological polar surface area (TPSA) is 45.0 Å². The van der Waals surface area contributed by atoms with Gasteiger partial charge in [0.05, 0.1) is 24.4 Å². The quantitative estimate of drug-likeness (QED) is 0.898. The van der Waals surface area contributed by atoms with Gasteiger partial charge in [0.1, 0.15) is 5.75 Å². The summed E-state index contributed by atoms with van der Waals surface area (Å²) in [6.45, 7) is 0.764. The van der Waals surface area contributed by atoms with Gasteiger partial charge in [0.25, 0.3) is 0 Å². The fraction of sp³-hybridized carbons (Fsp3) is 0.154. The van der Waals surface area contributed by atoms with Crippen LogP contribution in [0.5, 0.6) is 5.75 Å². The Kier molecular flexibility index (Phi) is 3.63. The molecule has 0 radical (unpaired) electrons. The molecule has 86 valence electrons. The van der Waals surface area contributed by atoms with Crippen LogP contribution in [0.4, 0.5) is 5.69 Å². The van der Waals surface area contributed by atoms with Crippen LogP contribution in [0.25, 0.3) is 0 Å². The first kappa shape index (κ1) is 11.5. The second kappa shape index (κ2) is 5.37. The van der Waals surface area contributed by atoms with Crippen LogP contribution in [-0.2, 0) is 6.54 Å². The molecule has 1 heterocycles. The molecule has 0 aliphatic carbocycles. The zero-order chi connectivity index (χ0) is 12.1. The Morgan fingerprint density at radius 3 is 2.94 bits per heavy atom. The van der Waals surface area contributed by atoms with Crippen LogP contribution in [0.3, 0.4) is 0 Å². The van der Waals surface area contributed by atoms with E-state index in [2.05, 4.69) is 17.5 Å². The number of benzene rings is 1. The maximum absolute atomic E-state index is 8.80. The van der Waals surface area contributed by atoms with Gasteiger partial charge in [-0.05, 0) is 23.6 Å². The van der Waals surface area contributed by atoms with E-state index in [0.717, 1.165) is 12.2 Å². The van der Waals surface area contributed by atoms with E-state index in [0.29, 0.717) is 11.3 Å². The van der Waals surface area contributed by atoms with Crippen molar-refractivity contribution in [1.82, 2.24) is 0 Å². The molecule has 0 spiro atoms. The van der Waals surface area contributed by atoms with Gasteiger partial charge in [-0.25, -0.2) is 0 Å². The summed E-state index contributed by atoms with van der Waals surface area (Å²) in [5.74, 6) is 0.695. The molecule has 1 aromatic heterocycles. The number of hydrogen-bond acceptors (Lipinski definition) is 4. The lowest BCUT2D eigenvalue weighted by Gasteiger charge is -2.10. The van der Waals surface area contributed by atoms with E-state index >= 15 is 0 Å². The van der Waals surface area contributed by atoms with E-state index in [9.17, 15) is 0 Å². The highest BCUT2D eigenvalue weighted by Crippen LogP contribution is 2.26. The first-order chi connectivity index (χ1) is 8.33. The van der Waals surface area contributed by atoms with Gasteiger partial charge in [-0.15, -0.1) is 11.3 Å². The first-order valence-corrected chi connectivity index (χ1v) is 6.06. The van der Waals surface area contributed by atoms with Crippen LogP contribution >= 0.6 is 11.3 Å². The number of methoxy groups -OCH3 is 1. The fourth-order valence-electron chi connectivity index (χ4n) is 1.50. The molecule has 2 aromatic rings. The third-order valence-corrected chi connectivity index (χ3v) is 3.24. The smallest absolute Gasteiger partial charge is 0.143 e. The molecule has 0 atom stereocenters. The number of hydrogen-bond donors (Lipinski definition) is 1. The molecule has 1 N–H and O–H groups in total. The van der Waals surface area contributed by atoms with Gasteiger partial charge >= 0.3 is 0 Å². The molecule has 17 heavy (non-hydrogen) atoms. The molecule has 1 aromatic carbocycles. The molecule has 3 nitrogen and oxygen atoms in total. The van der Waals surface area contributed by atoms with Gasteiger partial charge in [-0.2, -0.15) is 5.26 Å². The zero-order valence-electron chi connectivity index (χ0n) is 9.43. The van der Waals surface area contributed by atoms with E-state index in [4.69, 9.17) is 10.00 Å². The van der Waals surface area contributed by atoms with Crippen molar-refractivity contribution >= 4 is 17.0 Å². The molecular weight excluding hydrogens is 232 g/mol. The normalized spacial score (nSPS) is 9.65. The number of nitrogens with one attached hydrogen (secondary N) is 1. The van der Waals surface area contributed by atoms with Gasteiger partial charge in [0.15, 0.2) is 0 Å². The van der Waals surface area contributed by atoms with Gasteiger partial charge in [-0.1, -0.05) is 6.07 Å². The molecule has 2 rings (SSSR count). The van der Waals surface area contributed by atoms with E-state index in [-0.39, 0.29) is 0 Å². The van der Waals surface area contributed by atoms with E-state index in [1.165, 1.54) is 4.88 Å². The van der Waals surface area contributed by atoms with Crippen molar-refractivity contribution in [1.29, 1.82) is 5.26 Å². The van der Waals surface area contributed by atoms with Crippen LogP contribution in [0, 0.1) is 11.3 Å². The lowest BCUT2D eigenvalue weighted by molar-refractivity contribution is 0.416. The van der Waals surface area contributed by atoms with Crippen LogP contribution < -0.4 is 10.1 Å². The highest BCUT2D eigenvalue weighted by atomic mass is 32.1. The Bertz CT molecular complexity index is 529. The Hall–Kier alpha value is -1.99. The summed E-state index contributed by atoms with van der Waals surface area (Å²) < 4.78 is 5.25. The van der Waals surface area contributed by atoms with Crippen molar-refractivity contribution < 1.29 is 4.74 Å². The number of anilines is 1. The van der Waals surface area contributed by atoms with Crippen molar-refractivity contribution in [3.63, 3.8) is 0 Å². The van der Waals surface area contributed by atoms with E-state index in [1.807, 2.05) is 17.5 Å². The van der Waals surface area contributed by atoms with Gasteiger partial charge in [-0.3, -0.25) is 0 Å². The summed E-state index contributed by atoms with van der Waals surface area (Å²) in [4.78, 5) is 1.26. The highest BCUT2D eigenvalue weighted by molar-refractivity contribution is 7.09. The summed E-state index contributed by atoms with van der Waals surface area (Å²) in [6.07, 6.45) is 0. The Morgan fingerprint density at radius 2 is 2.29 bits per heavy atom. The van der Waals surface area contributed by atoms with E-state index in [1.54, 1.807) is 30.6 Å². The Morgan fingerprint density at radius 1 is 1.41 bits per heavy atom. The average molecular weight is 244 g/mol. The minimum Gasteiger partial charge on any atom is -0.495 e. The highest BCUT2D eigenvalue weighted by Gasteiger charge is 2.04. The number of nitrogens with zero attached hydrogens (tertiary/aromatic N) is 1. The summed E-state index contributed by atoms with van der Waals surface area (Å²) >= 11 is 1.71. The number of thiophene rings is 1. The van der Waals surface area contributed by atoms with Crippen LogP contribution in [0.2, 0.25) is 0 Å². The Labute approximate surface area is 104 Å². The first-order valence-electron chi connectivity index (χ1n) is 5.18. The summed E-state index contributed by atoms with van der Waals surface area (Å²) in [7, 11) is 1.60. The second-order valence-electron chi connectivity index (χ2n) is 3.46. The monoisotopic (exact) mass is 244 g/mol. The predicted octanol–water partition coefficient (Wildman–Crippen LogP) is 3.24. The minimum absolute atomic E-state index is 0.600. The molecule has 0 saturated heterocycles. The third-order valence-electron chi connectivity index (χ3n) is 2.36. The van der Waals surface area contributed by atoms with Gasteiger partial charge in [0, 0.05) is 17.5 Å². The number of nitriles is 1. The number of ether oxygens (including phenoxy) is 1. The van der Waals surface area contributed by atoms with Crippen molar-refractivity contribution in [3.8, 4) is 11.8 Å². The Balaban J connectivity index is 2.13. The summed E-state index contributed by atoms with van der Waals surface area (Å²) in [5, 5.41) is 14.1. The largest absolute Gasteiger partial charge is 0.495 e. The number of rotatable bonds is 4. The minimum atomic E-state index is 0.600. The summed E-state index contributed by atoms with van der Waals surface area (Å²) in [5.41, 5.74) is 1.50. The summed E-state index contributed by atoms with van der Waals surface area (Å²) in [6, 6.07) is 11.6. The molecule has 0 saturated carbocycles. The van der Waals surface area contributed by atoms with Gasteiger partial charge in [0.2, 0.25) is 0 Å². The molecular formula is C13H12N2OS. The molecule has 4 heteroatoms. The molecule has 0 aliphatic rings. The fourth-order valence-corrected chi connectivity index (χ4v) is 2.15. The average Bonchev–Trinajstić information content (AvgIpc) is 2.89.